The van der Waals surface area contributed by atoms with Gasteiger partial charge in [0.25, 0.3) is 0 Å². The minimum absolute atomic E-state index is 0. The molecule has 23 heteroatoms. The van der Waals surface area contributed by atoms with Crippen LogP contribution in [0.3, 0.4) is 0 Å². The SMILES string of the molecule is CCN(Cc1cccc(S(=O)(=O)[O-])c1)c1ccc(C(=C2C=CC(=[N+](CC)CC)C=C2)c2ccc(N(CC)Cc3cccc(S(=O)(=O)[O-])c3)cc2C)c(C)c1.CCN(Cc1cccc(S(=O)(=O)[O-])c1)c1ccc(C(=C2C=CC(=[N+](CC)CC)C=C2)c2ccc(N(CC)Cc3cccc(S(=O)(=O)[O-])c3)cc2C)c(C)c1.[Ba+2]. The molecule has 0 atom stereocenters. The van der Waals surface area contributed by atoms with E-state index in [1.165, 1.54) is 48.5 Å². The number of benzene rings is 8. The smallest absolute Gasteiger partial charge is 0.744 e. The summed E-state index contributed by atoms with van der Waals surface area (Å²) in [6, 6.07) is 50.3. The van der Waals surface area contributed by atoms with Crippen LogP contribution in [0.5, 0.6) is 0 Å². The zero-order chi connectivity index (χ0) is 78.4. The van der Waals surface area contributed by atoms with Crippen molar-refractivity contribution in [2.75, 3.05) is 72.0 Å². The number of anilines is 4. The van der Waals surface area contributed by atoms with Gasteiger partial charge in [-0.1, -0.05) is 72.8 Å². The first kappa shape index (κ1) is 86.5. The predicted molar refractivity (Wildman–Crippen MR) is 436 cm³/mol. The molecular formula is C86H96BaN6O12S4. The van der Waals surface area contributed by atoms with E-state index in [1.807, 2.05) is 52.0 Å². The van der Waals surface area contributed by atoms with Gasteiger partial charge in [0.15, 0.2) is 11.4 Å². The average Bonchev–Trinajstić information content (AvgIpc) is 0.778. The first-order chi connectivity index (χ1) is 51.3. The molecule has 0 radical (unpaired) electrons. The molecule has 2 aliphatic carbocycles. The van der Waals surface area contributed by atoms with Crippen molar-refractivity contribution >= 4 is 135 Å². The standard InChI is InChI=1S/2C43H49N3O6S2.Ba/c2*1-7-44(8-2)36-19-17-35(18-20-36)43(41-23-21-37(25-31(41)5)45(9-3)29-33-13-11-15-39(27-33)53(47,48)49)42-24-22-38(26-32(42)6)46(10-4)30-34-14-12-16-40(28-34)54(50,51)52;/h2*11-28H,7-10,29-30H2,1-6H3,(H-,47,48,49,50,51,52);/q;;+2/p-2. The zero-order valence-electron chi connectivity index (χ0n) is 64.2. The maximum atomic E-state index is 11.7. The molecule has 2 aliphatic rings. The van der Waals surface area contributed by atoms with Crippen molar-refractivity contribution in [1.82, 2.24) is 0 Å². The number of nitrogens with zero attached hydrogens (tertiary/aromatic N) is 6. The number of allylic oxidation sites excluding steroid dienone is 10. The van der Waals surface area contributed by atoms with Gasteiger partial charge in [-0.05, 0) is 294 Å². The van der Waals surface area contributed by atoms with Gasteiger partial charge in [0.05, 0.1) is 19.6 Å². The Balaban J connectivity index is 0.000000272. The second-order valence-electron chi connectivity index (χ2n) is 26.6. The van der Waals surface area contributed by atoms with Crippen LogP contribution in [-0.4, -0.2) is 174 Å². The Hall–Kier alpha value is -8.05. The Labute approximate surface area is 686 Å². The molecule has 0 amide bonds. The normalized spacial score (nSPS) is 12.8. The second kappa shape index (κ2) is 38.3. The van der Waals surface area contributed by atoms with Crippen molar-refractivity contribution in [2.24, 2.45) is 0 Å². The molecule has 0 aromatic heterocycles. The molecular weight excluding hydrogens is 1570 g/mol. The van der Waals surface area contributed by atoms with Gasteiger partial charge < -0.3 is 37.8 Å². The first-order valence-electron chi connectivity index (χ1n) is 36.4. The molecule has 109 heavy (non-hydrogen) atoms. The van der Waals surface area contributed by atoms with Gasteiger partial charge in [-0.3, -0.25) is 0 Å². The first-order valence-corrected chi connectivity index (χ1v) is 42.0. The molecule has 10 rings (SSSR count). The van der Waals surface area contributed by atoms with Crippen LogP contribution in [0.2, 0.25) is 0 Å². The zero-order valence-corrected chi connectivity index (χ0v) is 71.9. The Kier molecular flexibility index (Phi) is 30.4. The summed E-state index contributed by atoms with van der Waals surface area (Å²) in [5.41, 5.74) is 22.0. The topological polar surface area (TPSA) is 248 Å². The van der Waals surface area contributed by atoms with Gasteiger partial charge in [0.2, 0.25) is 0 Å². The van der Waals surface area contributed by atoms with E-state index in [2.05, 4.69) is 206 Å². The van der Waals surface area contributed by atoms with E-state index in [4.69, 9.17) is 0 Å². The summed E-state index contributed by atoms with van der Waals surface area (Å²) in [7, 11) is -18.2. The Morgan fingerprint density at radius 1 is 0.303 bits per heavy atom. The summed E-state index contributed by atoms with van der Waals surface area (Å²) in [4.78, 5) is 7.64. The van der Waals surface area contributed by atoms with Crippen LogP contribution < -0.4 is 19.6 Å². The Morgan fingerprint density at radius 3 is 0.688 bits per heavy atom. The largest absolute Gasteiger partial charge is 2.00 e. The third-order valence-electron chi connectivity index (χ3n) is 19.7. The average molecular weight is 1670 g/mol. The van der Waals surface area contributed by atoms with E-state index in [-0.39, 0.29) is 68.5 Å². The van der Waals surface area contributed by atoms with Crippen LogP contribution in [0.4, 0.5) is 22.7 Å². The third kappa shape index (κ3) is 22.2. The van der Waals surface area contributed by atoms with Crippen molar-refractivity contribution in [3.05, 3.63) is 296 Å². The minimum Gasteiger partial charge on any atom is -0.744 e. The minimum atomic E-state index is -4.56. The van der Waals surface area contributed by atoms with Crippen LogP contribution in [0.25, 0.3) is 11.1 Å². The van der Waals surface area contributed by atoms with E-state index in [0.29, 0.717) is 52.4 Å². The van der Waals surface area contributed by atoms with E-state index >= 15 is 0 Å². The number of aryl methyl sites for hydroxylation is 4. The summed E-state index contributed by atoms with van der Waals surface area (Å²) in [6.07, 6.45) is 17.4. The van der Waals surface area contributed by atoms with Crippen molar-refractivity contribution < 1.29 is 61.0 Å². The third-order valence-corrected chi connectivity index (χ3v) is 23.0. The molecule has 0 heterocycles. The van der Waals surface area contributed by atoms with Crippen molar-refractivity contribution in [3.8, 4) is 0 Å². The molecule has 568 valence electrons. The Bertz CT molecular complexity index is 4770. The number of hydrogen-bond donors (Lipinski definition) is 0. The summed E-state index contributed by atoms with van der Waals surface area (Å²) in [5, 5.41) is 0. The molecule has 0 saturated heterocycles. The molecule has 8 aromatic carbocycles. The molecule has 0 fully saturated rings. The van der Waals surface area contributed by atoms with E-state index in [0.717, 1.165) is 149 Å². The molecule has 0 aliphatic heterocycles. The molecule has 0 bridgehead atoms. The van der Waals surface area contributed by atoms with Gasteiger partial charge >= 0.3 is 48.9 Å². The van der Waals surface area contributed by atoms with Gasteiger partial charge in [-0.15, -0.1) is 0 Å². The monoisotopic (exact) mass is 1670 g/mol. The van der Waals surface area contributed by atoms with Crippen LogP contribution in [0.1, 0.15) is 122 Å². The van der Waals surface area contributed by atoms with Crippen molar-refractivity contribution in [2.45, 2.75) is 129 Å². The van der Waals surface area contributed by atoms with E-state index < -0.39 is 40.5 Å². The summed E-state index contributed by atoms with van der Waals surface area (Å²) in [6.45, 7) is 33.2. The maximum absolute atomic E-state index is 11.7. The van der Waals surface area contributed by atoms with Gasteiger partial charge in [0, 0.05) is 99.4 Å². The number of rotatable bonds is 28. The maximum Gasteiger partial charge on any atom is 2.00 e. The van der Waals surface area contributed by atoms with Crippen LogP contribution in [-0.2, 0) is 66.7 Å². The van der Waals surface area contributed by atoms with E-state index in [1.54, 1.807) is 24.3 Å². The molecule has 0 spiro atoms. The van der Waals surface area contributed by atoms with E-state index in [9.17, 15) is 51.9 Å². The van der Waals surface area contributed by atoms with Crippen LogP contribution >= 0.6 is 0 Å². The van der Waals surface area contributed by atoms with Crippen molar-refractivity contribution in [1.29, 1.82) is 0 Å². The quantitative estimate of drug-likeness (QED) is 0.0251. The van der Waals surface area contributed by atoms with Gasteiger partial charge in [-0.2, -0.15) is 0 Å². The van der Waals surface area contributed by atoms with Gasteiger partial charge in [-0.25, -0.2) is 42.8 Å². The fraction of sp³-hybridized carbons (Fsp3) is 0.279. The molecule has 0 N–H and O–H groups in total. The molecule has 0 unspecified atom stereocenters. The molecule has 0 saturated carbocycles. The van der Waals surface area contributed by atoms with Crippen molar-refractivity contribution in [3.63, 3.8) is 0 Å². The summed E-state index contributed by atoms with van der Waals surface area (Å²) < 4.78 is 145. The predicted octanol–water partition coefficient (Wildman–Crippen LogP) is 14.8. The fourth-order valence-corrected chi connectivity index (χ4v) is 16.1. The molecule has 18 nitrogen and oxygen atoms in total. The second-order valence-corrected chi connectivity index (χ2v) is 32.2. The fourth-order valence-electron chi connectivity index (χ4n) is 13.9. The summed E-state index contributed by atoms with van der Waals surface area (Å²) >= 11 is 0. The van der Waals surface area contributed by atoms with Crippen LogP contribution in [0.15, 0.2) is 249 Å². The number of hydrogen-bond acceptors (Lipinski definition) is 16. The van der Waals surface area contributed by atoms with Gasteiger partial charge in [0.1, 0.15) is 66.7 Å². The van der Waals surface area contributed by atoms with Crippen LogP contribution in [0, 0.1) is 27.7 Å². The Morgan fingerprint density at radius 2 is 0.514 bits per heavy atom. The molecule has 8 aromatic rings. The summed E-state index contributed by atoms with van der Waals surface area (Å²) in [5.74, 6) is 0.